The van der Waals surface area contributed by atoms with Crippen molar-refractivity contribution in [2.75, 3.05) is 12.4 Å². The van der Waals surface area contributed by atoms with E-state index in [2.05, 4.69) is 10.6 Å². The predicted molar refractivity (Wildman–Crippen MR) is 94.1 cm³/mol. The molecule has 0 saturated heterocycles. The van der Waals surface area contributed by atoms with E-state index in [1.54, 1.807) is 19.2 Å². The highest BCUT2D eigenvalue weighted by Crippen LogP contribution is 2.24. The second-order valence-electron chi connectivity index (χ2n) is 5.32. The van der Waals surface area contributed by atoms with E-state index in [1.165, 1.54) is 0 Å². The van der Waals surface area contributed by atoms with E-state index in [4.69, 9.17) is 16.3 Å². The zero-order valence-electron chi connectivity index (χ0n) is 13.5. The van der Waals surface area contributed by atoms with Crippen LogP contribution in [0.3, 0.4) is 0 Å². The number of anilines is 1. The summed E-state index contributed by atoms with van der Waals surface area (Å²) >= 11 is 6.19. The number of methoxy groups -OCH3 is 1. The Morgan fingerprint density at radius 2 is 1.74 bits per heavy atom. The van der Waals surface area contributed by atoms with Crippen LogP contribution in [0.15, 0.2) is 48.5 Å². The van der Waals surface area contributed by atoms with Gasteiger partial charge in [0.1, 0.15) is 5.75 Å². The molecule has 122 valence electrons. The van der Waals surface area contributed by atoms with E-state index in [0.29, 0.717) is 16.5 Å². The molecule has 0 bridgehead atoms. The van der Waals surface area contributed by atoms with E-state index >= 15 is 0 Å². The van der Waals surface area contributed by atoms with Crippen LogP contribution < -0.4 is 15.4 Å². The first-order valence-electron chi connectivity index (χ1n) is 7.47. The molecule has 23 heavy (non-hydrogen) atoms. The highest BCUT2D eigenvalue weighted by molar-refractivity contribution is 6.31. The van der Waals surface area contributed by atoms with Crippen LogP contribution in [-0.2, 0) is 4.79 Å². The number of hydrogen-bond acceptors (Lipinski definition) is 3. The normalized spacial score (nSPS) is 13.2. The molecule has 2 N–H and O–H groups in total. The molecule has 2 aromatic rings. The quantitative estimate of drug-likeness (QED) is 0.839. The summed E-state index contributed by atoms with van der Waals surface area (Å²) in [4.78, 5) is 12.4. The SMILES string of the molecule is COc1ccccc1NC(=O)[C@@H](C)N[C@@H](C)c1ccccc1Cl. The number of carbonyl (C=O) groups is 1. The minimum absolute atomic E-state index is 0.0397. The Kier molecular flexibility index (Phi) is 6.02. The highest BCUT2D eigenvalue weighted by Gasteiger charge is 2.18. The van der Waals surface area contributed by atoms with E-state index in [0.717, 1.165) is 5.56 Å². The molecule has 0 aliphatic carbocycles. The molecule has 0 radical (unpaired) electrons. The van der Waals surface area contributed by atoms with Crippen molar-refractivity contribution in [3.8, 4) is 5.75 Å². The summed E-state index contributed by atoms with van der Waals surface area (Å²) in [5.41, 5.74) is 1.62. The number of carbonyl (C=O) groups excluding carboxylic acids is 1. The predicted octanol–water partition coefficient (Wildman–Crippen LogP) is 4.03. The van der Waals surface area contributed by atoms with E-state index in [9.17, 15) is 4.79 Å². The molecule has 0 saturated carbocycles. The fourth-order valence-corrected chi connectivity index (χ4v) is 2.66. The zero-order chi connectivity index (χ0) is 16.8. The second kappa shape index (κ2) is 7.99. The molecule has 4 nitrogen and oxygen atoms in total. The smallest absolute Gasteiger partial charge is 0.241 e. The number of rotatable bonds is 6. The fraction of sp³-hybridized carbons (Fsp3) is 0.278. The van der Waals surface area contributed by atoms with Crippen molar-refractivity contribution < 1.29 is 9.53 Å². The summed E-state index contributed by atoms with van der Waals surface area (Å²) in [6, 6.07) is 14.5. The van der Waals surface area contributed by atoms with Crippen molar-refractivity contribution >= 4 is 23.2 Å². The van der Waals surface area contributed by atoms with Gasteiger partial charge in [-0.2, -0.15) is 0 Å². The van der Waals surface area contributed by atoms with E-state index in [-0.39, 0.29) is 18.0 Å². The van der Waals surface area contributed by atoms with Crippen molar-refractivity contribution in [3.63, 3.8) is 0 Å². The Labute approximate surface area is 141 Å². The molecule has 2 rings (SSSR count). The van der Waals surface area contributed by atoms with Gasteiger partial charge in [-0.15, -0.1) is 0 Å². The number of nitrogens with one attached hydrogen (secondary N) is 2. The Morgan fingerprint density at radius 3 is 2.43 bits per heavy atom. The number of ether oxygens (including phenoxy) is 1. The molecule has 2 aromatic carbocycles. The van der Waals surface area contributed by atoms with Crippen molar-refractivity contribution in [1.29, 1.82) is 0 Å². The lowest BCUT2D eigenvalue weighted by molar-refractivity contribution is -0.117. The van der Waals surface area contributed by atoms with E-state index < -0.39 is 0 Å². The first-order chi connectivity index (χ1) is 11.0. The minimum Gasteiger partial charge on any atom is -0.495 e. The van der Waals surface area contributed by atoms with Gasteiger partial charge in [0, 0.05) is 11.1 Å². The molecular formula is C18H21ClN2O2. The third-order valence-corrected chi connectivity index (χ3v) is 3.97. The van der Waals surface area contributed by atoms with Crippen molar-refractivity contribution in [2.45, 2.75) is 25.9 Å². The molecule has 0 aromatic heterocycles. The second-order valence-corrected chi connectivity index (χ2v) is 5.73. The fourth-order valence-electron chi connectivity index (χ4n) is 2.36. The molecular weight excluding hydrogens is 312 g/mol. The first-order valence-corrected chi connectivity index (χ1v) is 7.85. The number of hydrogen-bond donors (Lipinski definition) is 2. The average Bonchev–Trinajstić information content (AvgIpc) is 2.55. The third-order valence-electron chi connectivity index (χ3n) is 3.63. The molecule has 5 heteroatoms. The lowest BCUT2D eigenvalue weighted by atomic mass is 10.1. The number of halogens is 1. The molecule has 0 heterocycles. The summed E-state index contributed by atoms with van der Waals surface area (Å²) in [6.45, 7) is 3.80. The van der Waals surface area contributed by atoms with Gasteiger partial charge in [0.25, 0.3) is 0 Å². The number of amides is 1. The summed E-state index contributed by atoms with van der Waals surface area (Å²) in [5.74, 6) is 0.501. The lowest BCUT2D eigenvalue weighted by Gasteiger charge is -2.21. The van der Waals surface area contributed by atoms with E-state index in [1.807, 2.05) is 50.2 Å². The van der Waals surface area contributed by atoms with Gasteiger partial charge in [-0.25, -0.2) is 0 Å². The largest absolute Gasteiger partial charge is 0.495 e. The Morgan fingerprint density at radius 1 is 1.09 bits per heavy atom. The van der Waals surface area contributed by atoms with Gasteiger partial charge in [0.2, 0.25) is 5.91 Å². The maximum atomic E-state index is 12.4. The number of para-hydroxylation sites is 2. The van der Waals surface area contributed by atoms with Crippen LogP contribution in [0.2, 0.25) is 5.02 Å². The Hall–Kier alpha value is -2.04. The molecule has 0 fully saturated rings. The van der Waals surface area contributed by atoms with Crippen LogP contribution in [0.4, 0.5) is 5.69 Å². The number of benzene rings is 2. The molecule has 0 spiro atoms. The average molecular weight is 333 g/mol. The lowest BCUT2D eigenvalue weighted by Crippen LogP contribution is -2.39. The van der Waals surface area contributed by atoms with Gasteiger partial charge in [-0.3, -0.25) is 10.1 Å². The Balaban J connectivity index is 2.01. The molecule has 1 amide bonds. The van der Waals surface area contributed by atoms with Gasteiger partial charge in [-0.1, -0.05) is 41.9 Å². The molecule has 0 aliphatic heterocycles. The Bertz CT molecular complexity index is 676. The van der Waals surface area contributed by atoms with Crippen molar-refractivity contribution in [3.05, 3.63) is 59.1 Å². The minimum atomic E-state index is -0.383. The van der Waals surface area contributed by atoms with Crippen LogP contribution >= 0.6 is 11.6 Å². The maximum Gasteiger partial charge on any atom is 0.241 e. The maximum absolute atomic E-state index is 12.4. The zero-order valence-corrected chi connectivity index (χ0v) is 14.2. The van der Waals surface area contributed by atoms with Crippen LogP contribution in [0.25, 0.3) is 0 Å². The molecule has 2 atom stereocenters. The van der Waals surface area contributed by atoms with Gasteiger partial charge in [0.05, 0.1) is 18.8 Å². The summed E-state index contributed by atoms with van der Waals surface area (Å²) in [5, 5.41) is 6.82. The highest BCUT2D eigenvalue weighted by atomic mass is 35.5. The third kappa shape index (κ3) is 4.47. The topological polar surface area (TPSA) is 50.4 Å². The van der Waals surface area contributed by atoms with Gasteiger partial charge in [-0.05, 0) is 37.6 Å². The van der Waals surface area contributed by atoms with Crippen molar-refractivity contribution in [1.82, 2.24) is 5.32 Å². The van der Waals surface area contributed by atoms with Crippen LogP contribution in [0.1, 0.15) is 25.5 Å². The van der Waals surface area contributed by atoms with Gasteiger partial charge >= 0.3 is 0 Å². The summed E-state index contributed by atoms with van der Waals surface area (Å²) in [7, 11) is 1.58. The summed E-state index contributed by atoms with van der Waals surface area (Å²) in [6.07, 6.45) is 0. The van der Waals surface area contributed by atoms with Crippen LogP contribution in [-0.4, -0.2) is 19.1 Å². The first kappa shape index (κ1) is 17.3. The summed E-state index contributed by atoms with van der Waals surface area (Å²) < 4.78 is 5.24. The molecule has 0 aliphatic rings. The van der Waals surface area contributed by atoms with Crippen LogP contribution in [0.5, 0.6) is 5.75 Å². The monoisotopic (exact) mass is 332 g/mol. The van der Waals surface area contributed by atoms with Crippen molar-refractivity contribution in [2.24, 2.45) is 0 Å². The van der Waals surface area contributed by atoms with Gasteiger partial charge in [0.15, 0.2) is 0 Å². The van der Waals surface area contributed by atoms with Crippen LogP contribution in [0, 0.1) is 0 Å². The van der Waals surface area contributed by atoms with Gasteiger partial charge < -0.3 is 10.1 Å². The molecule has 0 unspecified atom stereocenters. The standard InChI is InChI=1S/C18H21ClN2O2/c1-12(14-8-4-5-9-15(14)19)20-13(2)18(22)21-16-10-6-7-11-17(16)23-3/h4-13,20H,1-3H3,(H,21,22)/t12-,13+/m0/s1.